The second-order valence-corrected chi connectivity index (χ2v) is 3.99. The molecule has 0 fully saturated rings. The van der Waals surface area contributed by atoms with Crippen molar-refractivity contribution in [3.63, 3.8) is 0 Å². The number of nitrogens with zero attached hydrogens (tertiary/aromatic N) is 1. The molecule has 0 aliphatic heterocycles. The lowest BCUT2D eigenvalue weighted by atomic mass is 10.2. The molecule has 0 radical (unpaired) electrons. The zero-order valence-electron chi connectivity index (χ0n) is 9.15. The fraction of sp³-hybridized carbons (Fsp3) is 0. The predicted molar refractivity (Wildman–Crippen MR) is 68.0 cm³/mol. The first kappa shape index (κ1) is 12.3. The molecule has 0 bridgehead atoms. The van der Waals surface area contributed by atoms with Crippen LogP contribution in [0.2, 0.25) is 5.02 Å². The standard InChI is InChI=1S/C12H9ClFN3O/c13-10-2-1-9(15)4-11(10)17-12(18)7-3-8(14)6-16-5-7/h1-6H,15H2,(H,17,18). The average Bonchev–Trinajstić information content (AvgIpc) is 2.34. The lowest BCUT2D eigenvalue weighted by Crippen LogP contribution is -2.13. The molecule has 0 aliphatic carbocycles. The number of carbonyl (C=O) groups excluding carboxylic acids is 1. The van der Waals surface area contributed by atoms with Crippen molar-refractivity contribution < 1.29 is 9.18 Å². The molecule has 3 N–H and O–H groups in total. The summed E-state index contributed by atoms with van der Waals surface area (Å²) in [5.74, 6) is -1.09. The van der Waals surface area contributed by atoms with Gasteiger partial charge in [-0.15, -0.1) is 0 Å². The number of nitrogens with two attached hydrogens (primary N) is 1. The maximum absolute atomic E-state index is 12.9. The molecule has 6 heteroatoms. The van der Waals surface area contributed by atoms with E-state index in [1.807, 2.05) is 0 Å². The van der Waals surface area contributed by atoms with Gasteiger partial charge in [0.15, 0.2) is 0 Å². The molecule has 0 saturated heterocycles. The van der Waals surface area contributed by atoms with Crippen LogP contribution in [0, 0.1) is 5.82 Å². The monoisotopic (exact) mass is 265 g/mol. The Labute approximate surface area is 108 Å². The van der Waals surface area contributed by atoms with Crippen LogP contribution >= 0.6 is 11.6 Å². The molecular formula is C12H9ClFN3O. The van der Waals surface area contributed by atoms with Gasteiger partial charge in [-0.05, 0) is 24.3 Å². The van der Waals surface area contributed by atoms with E-state index < -0.39 is 11.7 Å². The average molecular weight is 266 g/mol. The van der Waals surface area contributed by atoms with Crippen molar-refractivity contribution in [1.29, 1.82) is 0 Å². The summed E-state index contributed by atoms with van der Waals surface area (Å²) in [7, 11) is 0. The summed E-state index contributed by atoms with van der Waals surface area (Å²) in [6.45, 7) is 0. The minimum absolute atomic E-state index is 0.105. The normalized spacial score (nSPS) is 10.1. The molecule has 0 unspecified atom stereocenters. The highest BCUT2D eigenvalue weighted by atomic mass is 35.5. The van der Waals surface area contributed by atoms with E-state index >= 15 is 0 Å². The molecular weight excluding hydrogens is 257 g/mol. The lowest BCUT2D eigenvalue weighted by Gasteiger charge is -2.07. The van der Waals surface area contributed by atoms with Gasteiger partial charge in [0.05, 0.1) is 22.5 Å². The van der Waals surface area contributed by atoms with Gasteiger partial charge in [0.2, 0.25) is 0 Å². The van der Waals surface area contributed by atoms with E-state index in [0.717, 1.165) is 12.3 Å². The van der Waals surface area contributed by atoms with Crippen molar-refractivity contribution in [2.75, 3.05) is 11.1 Å². The number of benzene rings is 1. The highest BCUT2D eigenvalue weighted by Crippen LogP contribution is 2.24. The number of rotatable bonds is 2. The van der Waals surface area contributed by atoms with E-state index in [-0.39, 0.29) is 5.56 Å². The molecule has 0 spiro atoms. The zero-order valence-corrected chi connectivity index (χ0v) is 9.91. The third kappa shape index (κ3) is 2.75. The number of hydrogen-bond donors (Lipinski definition) is 2. The Kier molecular flexibility index (Phi) is 3.43. The van der Waals surface area contributed by atoms with E-state index in [0.29, 0.717) is 16.4 Å². The van der Waals surface area contributed by atoms with Crippen LogP contribution in [-0.2, 0) is 0 Å². The molecule has 18 heavy (non-hydrogen) atoms. The number of amides is 1. The molecule has 92 valence electrons. The smallest absolute Gasteiger partial charge is 0.257 e. The summed E-state index contributed by atoms with van der Waals surface area (Å²) < 4.78 is 12.9. The molecule has 1 amide bonds. The second kappa shape index (κ2) is 5.01. The van der Waals surface area contributed by atoms with E-state index in [1.54, 1.807) is 12.1 Å². The van der Waals surface area contributed by atoms with E-state index in [9.17, 15) is 9.18 Å². The number of anilines is 2. The summed E-state index contributed by atoms with van der Waals surface area (Å²) in [5.41, 5.74) is 6.52. The van der Waals surface area contributed by atoms with Crippen LogP contribution in [-0.4, -0.2) is 10.9 Å². The number of nitrogen functional groups attached to an aromatic ring is 1. The van der Waals surface area contributed by atoms with Crippen LogP contribution in [0.5, 0.6) is 0 Å². The van der Waals surface area contributed by atoms with Gasteiger partial charge in [-0.3, -0.25) is 9.78 Å². The first-order chi connectivity index (χ1) is 8.56. The summed E-state index contributed by atoms with van der Waals surface area (Å²) >= 11 is 5.90. The summed E-state index contributed by atoms with van der Waals surface area (Å²) in [6, 6.07) is 5.79. The highest BCUT2D eigenvalue weighted by molar-refractivity contribution is 6.34. The van der Waals surface area contributed by atoms with Crippen molar-refractivity contribution in [2.45, 2.75) is 0 Å². The van der Waals surface area contributed by atoms with Gasteiger partial charge in [0.1, 0.15) is 5.82 Å². The molecule has 2 rings (SSSR count). The van der Waals surface area contributed by atoms with Gasteiger partial charge in [-0.25, -0.2) is 4.39 Å². The zero-order chi connectivity index (χ0) is 13.1. The maximum atomic E-state index is 12.9. The molecule has 2 aromatic rings. The molecule has 4 nitrogen and oxygen atoms in total. The Morgan fingerprint density at radius 1 is 1.33 bits per heavy atom. The van der Waals surface area contributed by atoms with Crippen LogP contribution in [0.3, 0.4) is 0 Å². The maximum Gasteiger partial charge on any atom is 0.257 e. The van der Waals surface area contributed by atoms with Crippen LogP contribution < -0.4 is 11.1 Å². The Balaban J connectivity index is 2.24. The van der Waals surface area contributed by atoms with Gasteiger partial charge in [0, 0.05) is 11.9 Å². The topological polar surface area (TPSA) is 68.0 Å². The number of halogens is 2. The van der Waals surface area contributed by atoms with Crippen LogP contribution in [0.15, 0.2) is 36.7 Å². The van der Waals surface area contributed by atoms with E-state index in [2.05, 4.69) is 10.3 Å². The van der Waals surface area contributed by atoms with Crippen molar-refractivity contribution in [2.24, 2.45) is 0 Å². The fourth-order valence-corrected chi connectivity index (χ4v) is 1.53. The first-order valence-electron chi connectivity index (χ1n) is 5.03. The number of nitrogens with one attached hydrogen (secondary N) is 1. The van der Waals surface area contributed by atoms with Gasteiger partial charge >= 0.3 is 0 Å². The summed E-state index contributed by atoms with van der Waals surface area (Å²) in [5, 5.41) is 2.89. The third-order valence-corrected chi connectivity index (χ3v) is 2.54. The molecule has 1 aromatic carbocycles. The Morgan fingerprint density at radius 3 is 2.83 bits per heavy atom. The van der Waals surface area contributed by atoms with Crippen LogP contribution in [0.1, 0.15) is 10.4 Å². The lowest BCUT2D eigenvalue weighted by molar-refractivity contribution is 0.102. The molecule has 0 saturated carbocycles. The van der Waals surface area contributed by atoms with Crippen LogP contribution in [0.4, 0.5) is 15.8 Å². The van der Waals surface area contributed by atoms with Gasteiger partial charge < -0.3 is 11.1 Å². The number of carbonyl (C=O) groups is 1. The summed E-state index contributed by atoms with van der Waals surface area (Å²) in [6.07, 6.45) is 2.28. The van der Waals surface area contributed by atoms with E-state index in [1.165, 1.54) is 12.3 Å². The Hall–Kier alpha value is -2.14. The van der Waals surface area contributed by atoms with Crippen molar-refractivity contribution in [3.8, 4) is 0 Å². The number of hydrogen-bond acceptors (Lipinski definition) is 3. The van der Waals surface area contributed by atoms with E-state index in [4.69, 9.17) is 17.3 Å². The summed E-state index contributed by atoms with van der Waals surface area (Å²) in [4.78, 5) is 15.4. The SMILES string of the molecule is Nc1ccc(Cl)c(NC(=O)c2cncc(F)c2)c1. The van der Waals surface area contributed by atoms with Crippen molar-refractivity contribution in [3.05, 3.63) is 53.1 Å². The molecule has 1 aromatic heterocycles. The van der Waals surface area contributed by atoms with Gasteiger partial charge in [-0.2, -0.15) is 0 Å². The first-order valence-corrected chi connectivity index (χ1v) is 5.41. The Bertz CT molecular complexity index is 604. The van der Waals surface area contributed by atoms with Crippen molar-refractivity contribution >= 4 is 28.9 Å². The second-order valence-electron chi connectivity index (χ2n) is 3.59. The quantitative estimate of drug-likeness (QED) is 0.821. The fourth-order valence-electron chi connectivity index (χ4n) is 1.37. The van der Waals surface area contributed by atoms with Crippen molar-refractivity contribution in [1.82, 2.24) is 4.98 Å². The minimum atomic E-state index is -0.582. The Morgan fingerprint density at radius 2 is 2.11 bits per heavy atom. The number of aromatic nitrogens is 1. The van der Waals surface area contributed by atoms with Gasteiger partial charge in [0.25, 0.3) is 5.91 Å². The third-order valence-electron chi connectivity index (χ3n) is 2.21. The van der Waals surface area contributed by atoms with Crippen LogP contribution in [0.25, 0.3) is 0 Å². The molecule has 1 heterocycles. The number of pyridine rings is 1. The molecule has 0 aliphatic rings. The highest BCUT2D eigenvalue weighted by Gasteiger charge is 2.10. The minimum Gasteiger partial charge on any atom is -0.399 e. The largest absolute Gasteiger partial charge is 0.399 e. The molecule has 0 atom stereocenters. The van der Waals surface area contributed by atoms with Gasteiger partial charge in [-0.1, -0.05) is 11.6 Å². The predicted octanol–water partition coefficient (Wildman–Crippen LogP) is 2.71.